The molecule has 0 aliphatic heterocycles. The molecule has 1 aromatic heterocycles. The highest BCUT2D eigenvalue weighted by atomic mass is 15.2. The predicted octanol–water partition coefficient (Wildman–Crippen LogP) is 2.84. The Balaban J connectivity index is 1.94. The summed E-state index contributed by atoms with van der Waals surface area (Å²) >= 11 is 0. The average molecular weight is 276 g/mol. The molecule has 4 nitrogen and oxygen atoms in total. The van der Waals surface area contributed by atoms with Crippen LogP contribution >= 0.6 is 0 Å². The molecule has 112 valence electrons. The first-order valence-corrected chi connectivity index (χ1v) is 7.88. The Hall–Kier alpha value is -1.16. The van der Waals surface area contributed by atoms with Gasteiger partial charge in [0.25, 0.3) is 0 Å². The summed E-state index contributed by atoms with van der Waals surface area (Å²) in [7, 11) is 2.17. The van der Waals surface area contributed by atoms with Gasteiger partial charge in [-0.1, -0.05) is 6.92 Å². The molecule has 1 heterocycles. The number of aryl methyl sites for hydroxylation is 2. The first-order chi connectivity index (χ1) is 9.61. The van der Waals surface area contributed by atoms with E-state index in [0.29, 0.717) is 12.1 Å². The molecule has 1 aromatic rings. The summed E-state index contributed by atoms with van der Waals surface area (Å²) in [6.07, 6.45) is 8.09. The van der Waals surface area contributed by atoms with Crippen molar-refractivity contribution in [3.63, 3.8) is 0 Å². The molecule has 0 unspecified atom stereocenters. The lowest BCUT2D eigenvalue weighted by Gasteiger charge is -2.36. The van der Waals surface area contributed by atoms with E-state index in [0.717, 1.165) is 23.8 Å². The van der Waals surface area contributed by atoms with Crippen molar-refractivity contribution >= 4 is 5.82 Å². The van der Waals surface area contributed by atoms with Crippen molar-refractivity contribution in [2.45, 2.75) is 65.0 Å². The number of nitrogens with zero attached hydrogens (tertiary/aromatic N) is 3. The molecular formula is C16H28N4. The van der Waals surface area contributed by atoms with Crippen molar-refractivity contribution in [2.75, 3.05) is 18.5 Å². The first-order valence-electron chi connectivity index (χ1n) is 7.88. The van der Waals surface area contributed by atoms with Gasteiger partial charge in [0.1, 0.15) is 5.82 Å². The monoisotopic (exact) mass is 276 g/mol. The van der Waals surface area contributed by atoms with E-state index in [1.54, 1.807) is 0 Å². The highest BCUT2D eigenvalue weighted by Crippen LogP contribution is 2.26. The Morgan fingerprint density at radius 3 is 2.60 bits per heavy atom. The third-order valence-corrected chi connectivity index (χ3v) is 4.31. The predicted molar refractivity (Wildman–Crippen MR) is 84.2 cm³/mol. The van der Waals surface area contributed by atoms with Crippen LogP contribution in [0.15, 0.2) is 6.20 Å². The molecule has 2 rings (SSSR count). The van der Waals surface area contributed by atoms with E-state index in [1.807, 2.05) is 20.0 Å². The van der Waals surface area contributed by atoms with Crippen LogP contribution in [0.4, 0.5) is 5.82 Å². The van der Waals surface area contributed by atoms with E-state index in [9.17, 15) is 0 Å². The second-order valence-corrected chi connectivity index (χ2v) is 5.99. The summed E-state index contributed by atoms with van der Waals surface area (Å²) in [5.41, 5.74) is 2.03. The molecule has 0 radical (unpaired) electrons. The number of anilines is 1. The number of hydrogen-bond donors (Lipinski definition) is 1. The maximum Gasteiger partial charge on any atom is 0.150 e. The van der Waals surface area contributed by atoms with Crippen LogP contribution in [0.2, 0.25) is 0 Å². The van der Waals surface area contributed by atoms with Crippen molar-refractivity contribution in [1.29, 1.82) is 0 Å². The van der Waals surface area contributed by atoms with Crippen LogP contribution in [-0.2, 0) is 0 Å². The number of hydrogen-bond acceptors (Lipinski definition) is 4. The minimum Gasteiger partial charge on any atom is -0.355 e. The quantitative estimate of drug-likeness (QED) is 0.898. The molecule has 0 amide bonds. The fraction of sp³-hybridized carbons (Fsp3) is 0.750. The second-order valence-electron chi connectivity index (χ2n) is 5.99. The summed E-state index contributed by atoms with van der Waals surface area (Å²) in [4.78, 5) is 11.4. The van der Waals surface area contributed by atoms with Gasteiger partial charge in [-0.3, -0.25) is 4.98 Å². The van der Waals surface area contributed by atoms with E-state index in [1.165, 1.54) is 32.1 Å². The molecule has 20 heavy (non-hydrogen) atoms. The lowest BCUT2D eigenvalue weighted by Crippen LogP contribution is -2.41. The highest BCUT2D eigenvalue weighted by Gasteiger charge is 2.25. The fourth-order valence-electron chi connectivity index (χ4n) is 3.05. The zero-order valence-electron chi connectivity index (χ0n) is 13.3. The summed E-state index contributed by atoms with van der Waals surface area (Å²) in [5.74, 6) is 1.05. The van der Waals surface area contributed by atoms with Gasteiger partial charge in [0, 0.05) is 25.3 Å². The third kappa shape index (κ3) is 3.69. The smallest absolute Gasteiger partial charge is 0.150 e. The molecule has 0 aromatic carbocycles. The van der Waals surface area contributed by atoms with Gasteiger partial charge in [0.2, 0.25) is 0 Å². The molecule has 1 fully saturated rings. The molecule has 0 bridgehead atoms. The average Bonchev–Trinajstić information content (AvgIpc) is 2.47. The molecule has 0 spiro atoms. The van der Waals surface area contributed by atoms with Crippen molar-refractivity contribution < 1.29 is 0 Å². The maximum absolute atomic E-state index is 4.66. The van der Waals surface area contributed by atoms with Gasteiger partial charge >= 0.3 is 0 Å². The fourth-order valence-corrected chi connectivity index (χ4v) is 3.05. The lowest BCUT2D eigenvalue weighted by molar-refractivity contribution is 0.336. The number of rotatable bonds is 5. The van der Waals surface area contributed by atoms with E-state index in [-0.39, 0.29) is 0 Å². The molecule has 1 aliphatic carbocycles. The molecular weight excluding hydrogens is 248 g/mol. The minimum absolute atomic E-state index is 0.601. The normalized spacial score (nSPS) is 22.8. The number of nitrogens with one attached hydrogen (secondary N) is 1. The van der Waals surface area contributed by atoms with Crippen molar-refractivity contribution in [3.05, 3.63) is 17.6 Å². The Kier molecular flexibility index (Phi) is 5.35. The van der Waals surface area contributed by atoms with Gasteiger partial charge in [-0.05, 0) is 52.5 Å². The molecule has 1 N–H and O–H groups in total. The first kappa shape index (κ1) is 15.2. The van der Waals surface area contributed by atoms with Crippen LogP contribution in [-0.4, -0.2) is 35.6 Å². The van der Waals surface area contributed by atoms with Crippen molar-refractivity contribution in [1.82, 2.24) is 15.3 Å². The van der Waals surface area contributed by atoms with Gasteiger partial charge in [0.05, 0.1) is 11.4 Å². The van der Waals surface area contributed by atoms with Crippen molar-refractivity contribution in [2.24, 2.45) is 0 Å². The molecule has 0 saturated heterocycles. The van der Waals surface area contributed by atoms with E-state index >= 15 is 0 Å². The Morgan fingerprint density at radius 1 is 1.25 bits per heavy atom. The van der Waals surface area contributed by atoms with Gasteiger partial charge in [0.15, 0.2) is 0 Å². The minimum atomic E-state index is 0.601. The second kappa shape index (κ2) is 7.02. The zero-order valence-corrected chi connectivity index (χ0v) is 13.3. The number of aromatic nitrogens is 2. The van der Waals surface area contributed by atoms with Crippen LogP contribution in [0.3, 0.4) is 0 Å². The Bertz CT molecular complexity index is 424. The highest BCUT2D eigenvalue weighted by molar-refractivity contribution is 5.43. The molecule has 1 aliphatic rings. The van der Waals surface area contributed by atoms with E-state index in [2.05, 4.69) is 34.2 Å². The topological polar surface area (TPSA) is 41.0 Å². The van der Waals surface area contributed by atoms with E-state index < -0.39 is 0 Å². The van der Waals surface area contributed by atoms with Crippen LogP contribution in [0.1, 0.15) is 50.4 Å². The van der Waals surface area contributed by atoms with Crippen LogP contribution in [0, 0.1) is 13.8 Å². The van der Waals surface area contributed by atoms with Gasteiger partial charge in [-0.25, -0.2) is 4.98 Å². The van der Waals surface area contributed by atoms with Gasteiger partial charge in [-0.2, -0.15) is 0 Å². The molecule has 4 heteroatoms. The summed E-state index contributed by atoms with van der Waals surface area (Å²) in [6, 6.07) is 1.31. The maximum atomic E-state index is 4.66. The summed E-state index contributed by atoms with van der Waals surface area (Å²) < 4.78 is 0. The Labute approximate surface area is 123 Å². The Morgan fingerprint density at radius 2 is 1.95 bits per heavy atom. The van der Waals surface area contributed by atoms with Crippen molar-refractivity contribution in [3.8, 4) is 0 Å². The largest absolute Gasteiger partial charge is 0.355 e. The summed E-state index contributed by atoms with van der Waals surface area (Å²) in [6.45, 7) is 7.43. The third-order valence-electron chi connectivity index (χ3n) is 4.31. The van der Waals surface area contributed by atoms with E-state index in [4.69, 9.17) is 0 Å². The van der Waals surface area contributed by atoms with Crippen LogP contribution < -0.4 is 10.2 Å². The molecule has 0 atom stereocenters. The van der Waals surface area contributed by atoms with Gasteiger partial charge in [-0.15, -0.1) is 0 Å². The lowest BCUT2D eigenvalue weighted by atomic mass is 9.90. The van der Waals surface area contributed by atoms with Crippen LogP contribution in [0.25, 0.3) is 0 Å². The zero-order chi connectivity index (χ0) is 14.5. The van der Waals surface area contributed by atoms with Gasteiger partial charge < -0.3 is 10.2 Å². The van der Waals surface area contributed by atoms with Crippen LogP contribution in [0.5, 0.6) is 0 Å². The SMILES string of the molecule is CCCNC1CCC(N(C)c2nc(C)cnc2C)CC1. The molecule has 1 saturated carbocycles. The standard InChI is InChI=1S/C16H28N4/c1-5-10-17-14-6-8-15(9-7-14)20(4)16-13(3)18-11-12(2)19-16/h11,14-15,17H,5-10H2,1-4H3. The summed E-state index contributed by atoms with van der Waals surface area (Å²) in [5, 5.41) is 3.64.